The van der Waals surface area contributed by atoms with Gasteiger partial charge in [0, 0.05) is 11.4 Å². The number of para-hydroxylation sites is 1. The summed E-state index contributed by atoms with van der Waals surface area (Å²) >= 11 is 1.34. The van der Waals surface area contributed by atoms with E-state index in [4.69, 9.17) is 4.74 Å². The third kappa shape index (κ3) is 6.90. The van der Waals surface area contributed by atoms with Crippen molar-refractivity contribution < 1.29 is 19.1 Å². The molecule has 0 aromatic heterocycles. The second-order valence-electron chi connectivity index (χ2n) is 6.68. The molecule has 7 heteroatoms. The Morgan fingerprint density at radius 2 is 2.07 bits per heavy atom. The molecule has 148 valence electrons. The first kappa shape index (κ1) is 21.3. The summed E-state index contributed by atoms with van der Waals surface area (Å²) in [5.74, 6) is -0.617. The molecular weight excluding hydrogens is 364 g/mol. The number of rotatable bonds is 10. The normalized spacial score (nSPS) is 16.8. The zero-order valence-electron chi connectivity index (χ0n) is 16.0. The van der Waals surface area contributed by atoms with Crippen molar-refractivity contribution in [3.63, 3.8) is 0 Å². The van der Waals surface area contributed by atoms with Crippen molar-refractivity contribution in [3.05, 3.63) is 24.3 Å². The van der Waals surface area contributed by atoms with Crippen molar-refractivity contribution in [2.24, 2.45) is 5.92 Å². The molecule has 0 spiro atoms. The maximum atomic E-state index is 12.1. The summed E-state index contributed by atoms with van der Waals surface area (Å²) in [6, 6.07) is 7.45. The van der Waals surface area contributed by atoms with Crippen molar-refractivity contribution in [3.8, 4) is 0 Å². The Morgan fingerprint density at radius 3 is 2.81 bits per heavy atom. The molecular formula is C20H28N2O4S. The first-order valence-corrected chi connectivity index (χ1v) is 10.4. The molecule has 2 amide bonds. The molecule has 0 radical (unpaired) electrons. The van der Waals surface area contributed by atoms with Gasteiger partial charge in [-0.25, -0.2) is 0 Å². The van der Waals surface area contributed by atoms with Gasteiger partial charge in [0.1, 0.15) is 0 Å². The lowest BCUT2D eigenvalue weighted by Gasteiger charge is -2.23. The standard InChI is InChI=1S/C20H28N2O4S/c1-3-5-8-14(4-2)12-21-18(23)13-26-19(24)11-17-20(25)22-15-9-6-7-10-16(15)27-17/h6-7,9-10,14,17H,3-5,8,11-13H2,1-2H3,(H,21,23)(H,22,25)/t14-,17-/m0/s1. The first-order chi connectivity index (χ1) is 13.0. The number of esters is 1. The highest BCUT2D eigenvalue weighted by molar-refractivity contribution is 8.01. The lowest BCUT2D eigenvalue weighted by Crippen LogP contribution is -2.34. The predicted octanol–water partition coefficient (Wildman–Crippen LogP) is 3.37. The largest absolute Gasteiger partial charge is 0.456 e. The van der Waals surface area contributed by atoms with Gasteiger partial charge < -0.3 is 15.4 Å². The third-order valence-corrected chi connectivity index (χ3v) is 5.83. The predicted molar refractivity (Wildman–Crippen MR) is 107 cm³/mol. The van der Waals surface area contributed by atoms with E-state index >= 15 is 0 Å². The fourth-order valence-corrected chi connectivity index (χ4v) is 3.93. The second kappa shape index (κ2) is 11.0. The lowest BCUT2D eigenvalue weighted by atomic mass is 9.99. The van der Waals surface area contributed by atoms with Crippen molar-refractivity contribution in [1.29, 1.82) is 0 Å². The van der Waals surface area contributed by atoms with Crippen molar-refractivity contribution in [2.45, 2.75) is 56.1 Å². The Morgan fingerprint density at radius 1 is 1.30 bits per heavy atom. The molecule has 6 nitrogen and oxygen atoms in total. The van der Waals surface area contributed by atoms with Crippen molar-refractivity contribution in [2.75, 3.05) is 18.5 Å². The summed E-state index contributed by atoms with van der Waals surface area (Å²) in [5.41, 5.74) is 0.755. The minimum Gasteiger partial charge on any atom is -0.456 e. The number of fused-ring (bicyclic) bond motifs is 1. The van der Waals surface area contributed by atoms with Crippen LogP contribution in [-0.4, -0.2) is 36.2 Å². The molecule has 1 aromatic rings. The van der Waals surface area contributed by atoms with Gasteiger partial charge in [-0.05, 0) is 24.5 Å². The average Bonchev–Trinajstić information content (AvgIpc) is 2.67. The molecule has 0 saturated heterocycles. The van der Waals surface area contributed by atoms with Crippen LogP contribution in [0.2, 0.25) is 0 Å². The van der Waals surface area contributed by atoms with Crippen LogP contribution in [0.1, 0.15) is 46.0 Å². The summed E-state index contributed by atoms with van der Waals surface area (Å²) in [6.45, 7) is 4.55. The fraction of sp³-hybridized carbons (Fsp3) is 0.550. The number of anilines is 1. The number of hydrogen-bond donors (Lipinski definition) is 2. The first-order valence-electron chi connectivity index (χ1n) is 9.52. The van der Waals surface area contributed by atoms with E-state index < -0.39 is 11.2 Å². The summed E-state index contributed by atoms with van der Waals surface area (Å²) in [5, 5.41) is 5.06. The van der Waals surface area contributed by atoms with E-state index in [0.29, 0.717) is 12.5 Å². The number of hydrogen-bond acceptors (Lipinski definition) is 5. The third-order valence-electron chi connectivity index (χ3n) is 4.55. The van der Waals surface area contributed by atoms with Gasteiger partial charge in [-0.15, -0.1) is 11.8 Å². The summed E-state index contributed by atoms with van der Waals surface area (Å²) in [7, 11) is 0. The van der Waals surface area contributed by atoms with Crippen LogP contribution in [0.15, 0.2) is 29.2 Å². The molecule has 1 aliphatic rings. The number of carbonyl (C=O) groups is 3. The molecule has 27 heavy (non-hydrogen) atoms. The Bertz CT molecular complexity index is 665. The average molecular weight is 393 g/mol. The van der Waals surface area contributed by atoms with Crippen LogP contribution in [0, 0.1) is 5.92 Å². The smallest absolute Gasteiger partial charge is 0.307 e. The maximum Gasteiger partial charge on any atom is 0.307 e. The molecule has 0 fully saturated rings. The molecule has 1 aliphatic heterocycles. The van der Waals surface area contributed by atoms with Gasteiger partial charge in [-0.3, -0.25) is 14.4 Å². The van der Waals surface area contributed by atoms with Crippen LogP contribution < -0.4 is 10.6 Å². The summed E-state index contributed by atoms with van der Waals surface area (Å²) in [6.07, 6.45) is 4.32. The van der Waals surface area contributed by atoms with E-state index in [9.17, 15) is 14.4 Å². The van der Waals surface area contributed by atoms with Crippen LogP contribution in [0.25, 0.3) is 0 Å². The zero-order valence-corrected chi connectivity index (χ0v) is 16.8. The molecule has 1 aromatic carbocycles. The Balaban J connectivity index is 1.71. The van der Waals surface area contributed by atoms with Crippen LogP contribution in [0.3, 0.4) is 0 Å². The Hall–Kier alpha value is -2.02. The van der Waals surface area contributed by atoms with Crippen LogP contribution >= 0.6 is 11.8 Å². The molecule has 0 aliphatic carbocycles. The molecule has 0 unspecified atom stereocenters. The number of ether oxygens (including phenoxy) is 1. The van der Waals surface area contributed by atoms with Gasteiger partial charge in [-0.2, -0.15) is 0 Å². The van der Waals surface area contributed by atoms with Crippen molar-refractivity contribution in [1.82, 2.24) is 5.32 Å². The van der Waals surface area contributed by atoms with E-state index in [-0.39, 0.29) is 24.8 Å². The Kier molecular flexibility index (Phi) is 8.64. The summed E-state index contributed by atoms with van der Waals surface area (Å²) < 4.78 is 5.05. The minimum absolute atomic E-state index is 0.0633. The molecule has 2 rings (SSSR count). The van der Waals surface area contributed by atoms with E-state index in [1.54, 1.807) is 0 Å². The SMILES string of the molecule is CCCC[C@H](CC)CNC(=O)COC(=O)C[C@@H]1Sc2ccccc2NC1=O. The molecule has 0 saturated carbocycles. The summed E-state index contributed by atoms with van der Waals surface area (Å²) in [4.78, 5) is 36.9. The lowest BCUT2D eigenvalue weighted by molar-refractivity contribution is -0.149. The number of benzene rings is 1. The minimum atomic E-state index is -0.547. The van der Waals surface area contributed by atoms with E-state index in [1.165, 1.54) is 11.8 Å². The topological polar surface area (TPSA) is 84.5 Å². The van der Waals surface area contributed by atoms with Crippen molar-refractivity contribution >= 4 is 35.2 Å². The molecule has 1 heterocycles. The highest BCUT2D eigenvalue weighted by atomic mass is 32.2. The molecule has 2 N–H and O–H groups in total. The van der Waals surface area contributed by atoms with Crippen LogP contribution in [0.5, 0.6) is 0 Å². The van der Waals surface area contributed by atoms with E-state index in [0.717, 1.165) is 36.3 Å². The number of unbranched alkanes of at least 4 members (excludes halogenated alkanes) is 1. The quantitative estimate of drug-likeness (QED) is 0.597. The number of amides is 2. The maximum absolute atomic E-state index is 12.1. The van der Waals surface area contributed by atoms with E-state index in [2.05, 4.69) is 24.5 Å². The monoisotopic (exact) mass is 392 g/mol. The molecule has 2 atom stereocenters. The second-order valence-corrected chi connectivity index (χ2v) is 7.92. The van der Waals surface area contributed by atoms with E-state index in [1.807, 2.05) is 24.3 Å². The Labute approximate surface area is 164 Å². The van der Waals surface area contributed by atoms with Gasteiger partial charge in [0.2, 0.25) is 5.91 Å². The highest BCUT2D eigenvalue weighted by Crippen LogP contribution is 2.36. The fourth-order valence-electron chi connectivity index (χ4n) is 2.84. The highest BCUT2D eigenvalue weighted by Gasteiger charge is 2.29. The van der Waals surface area contributed by atoms with Gasteiger partial charge in [-0.1, -0.05) is 45.2 Å². The van der Waals surface area contributed by atoms with Gasteiger partial charge in [0.05, 0.1) is 17.4 Å². The van der Waals surface area contributed by atoms with Gasteiger partial charge >= 0.3 is 5.97 Å². The zero-order chi connectivity index (χ0) is 19.6. The van der Waals surface area contributed by atoms with Gasteiger partial charge in [0.15, 0.2) is 6.61 Å². The van der Waals surface area contributed by atoms with Crippen LogP contribution in [-0.2, 0) is 19.1 Å². The number of carbonyl (C=O) groups excluding carboxylic acids is 3. The number of thioether (sulfide) groups is 1. The van der Waals surface area contributed by atoms with Crippen LogP contribution in [0.4, 0.5) is 5.69 Å². The van der Waals surface area contributed by atoms with Gasteiger partial charge in [0.25, 0.3) is 5.91 Å². The number of nitrogens with one attached hydrogen (secondary N) is 2. The molecule has 0 bridgehead atoms.